The zero-order chi connectivity index (χ0) is 6.85. The standard InChI is InChI=1S/C6H10F2O/c7-4-1-2-6(9)5(8)3-4/h4-6,9H,1-3H2. The van der Waals surface area contributed by atoms with Gasteiger partial charge in [0.2, 0.25) is 0 Å². The van der Waals surface area contributed by atoms with Crippen molar-refractivity contribution in [3.05, 3.63) is 0 Å². The molecule has 1 fully saturated rings. The molecule has 1 aliphatic carbocycles. The number of hydrogen-bond acceptors (Lipinski definition) is 1. The second-order valence-corrected chi connectivity index (χ2v) is 2.49. The molecular weight excluding hydrogens is 126 g/mol. The fourth-order valence-electron chi connectivity index (χ4n) is 1.05. The van der Waals surface area contributed by atoms with E-state index in [9.17, 15) is 8.78 Å². The van der Waals surface area contributed by atoms with Crippen molar-refractivity contribution in [2.45, 2.75) is 37.7 Å². The first-order chi connectivity index (χ1) is 4.20. The van der Waals surface area contributed by atoms with Crippen LogP contribution in [0.1, 0.15) is 19.3 Å². The fourth-order valence-corrected chi connectivity index (χ4v) is 1.05. The van der Waals surface area contributed by atoms with Crippen LogP contribution in [0.5, 0.6) is 0 Å². The van der Waals surface area contributed by atoms with E-state index < -0.39 is 18.4 Å². The molecule has 1 aliphatic rings. The van der Waals surface area contributed by atoms with Crippen molar-refractivity contribution in [1.29, 1.82) is 0 Å². The average molecular weight is 136 g/mol. The van der Waals surface area contributed by atoms with Gasteiger partial charge in [0, 0.05) is 6.42 Å². The van der Waals surface area contributed by atoms with Crippen LogP contribution in [0.2, 0.25) is 0 Å². The van der Waals surface area contributed by atoms with Gasteiger partial charge in [-0.1, -0.05) is 0 Å². The van der Waals surface area contributed by atoms with Gasteiger partial charge in [0.05, 0.1) is 6.10 Å². The van der Waals surface area contributed by atoms with E-state index in [0.717, 1.165) is 0 Å². The molecule has 3 atom stereocenters. The molecule has 0 aromatic carbocycles. The summed E-state index contributed by atoms with van der Waals surface area (Å²) in [5.41, 5.74) is 0. The molecule has 3 unspecified atom stereocenters. The molecule has 1 nitrogen and oxygen atoms in total. The molecule has 0 saturated heterocycles. The number of halogens is 2. The van der Waals surface area contributed by atoms with Gasteiger partial charge in [-0.2, -0.15) is 0 Å². The van der Waals surface area contributed by atoms with Crippen molar-refractivity contribution in [3.8, 4) is 0 Å². The smallest absolute Gasteiger partial charge is 0.129 e. The molecule has 9 heavy (non-hydrogen) atoms. The predicted molar refractivity (Wildman–Crippen MR) is 29.6 cm³/mol. The minimum absolute atomic E-state index is 0.124. The van der Waals surface area contributed by atoms with E-state index >= 15 is 0 Å². The minimum atomic E-state index is -1.34. The van der Waals surface area contributed by atoms with Crippen LogP contribution in [-0.2, 0) is 0 Å². The molecule has 0 radical (unpaired) electrons. The highest BCUT2D eigenvalue weighted by Crippen LogP contribution is 2.23. The van der Waals surface area contributed by atoms with Crippen LogP contribution in [0, 0.1) is 0 Å². The number of aliphatic hydroxyl groups excluding tert-OH is 1. The summed E-state index contributed by atoms with van der Waals surface area (Å²) in [4.78, 5) is 0. The molecule has 1 saturated carbocycles. The van der Waals surface area contributed by atoms with Crippen molar-refractivity contribution in [1.82, 2.24) is 0 Å². The third-order valence-electron chi connectivity index (χ3n) is 1.67. The van der Waals surface area contributed by atoms with E-state index in [4.69, 9.17) is 5.11 Å². The van der Waals surface area contributed by atoms with Crippen molar-refractivity contribution in [2.24, 2.45) is 0 Å². The highest BCUT2D eigenvalue weighted by Gasteiger charge is 2.28. The summed E-state index contributed by atoms with van der Waals surface area (Å²) in [6, 6.07) is 0. The number of aliphatic hydroxyl groups is 1. The predicted octanol–water partition coefficient (Wildman–Crippen LogP) is 1.21. The average Bonchev–Trinajstić information content (AvgIpc) is 1.80. The van der Waals surface area contributed by atoms with Crippen molar-refractivity contribution < 1.29 is 13.9 Å². The second kappa shape index (κ2) is 2.60. The van der Waals surface area contributed by atoms with Crippen molar-refractivity contribution >= 4 is 0 Å². The monoisotopic (exact) mass is 136 g/mol. The van der Waals surface area contributed by atoms with Crippen molar-refractivity contribution in [2.75, 3.05) is 0 Å². The first kappa shape index (κ1) is 6.93. The third kappa shape index (κ3) is 1.61. The summed E-state index contributed by atoms with van der Waals surface area (Å²) >= 11 is 0. The quantitative estimate of drug-likeness (QED) is 0.530. The SMILES string of the molecule is OC1CCC(F)CC1F. The molecule has 0 bridgehead atoms. The summed E-state index contributed by atoms with van der Waals surface area (Å²) in [5, 5.41) is 8.75. The number of rotatable bonds is 0. The van der Waals surface area contributed by atoms with Crippen LogP contribution in [-0.4, -0.2) is 23.6 Å². The summed E-state index contributed by atoms with van der Waals surface area (Å²) in [6.45, 7) is 0. The second-order valence-electron chi connectivity index (χ2n) is 2.49. The largest absolute Gasteiger partial charge is 0.390 e. The lowest BCUT2D eigenvalue weighted by atomic mass is 9.95. The Morgan fingerprint density at radius 3 is 2.33 bits per heavy atom. The van der Waals surface area contributed by atoms with Crippen LogP contribution in [0.15, 0.2) is 0 Å². The Labute approximate surface area is 52.7 Å². The zero-order valence-electron chi connectivity index (χ0n) is 5.06. The van der Waals surface area contributed by atoms with Crippen LogP contribution in [0.25, 0.3) is 0 Å². The summed E-state index contributed by atoms with van der Waals surface area (Å²) < 4.78 is 24.6. The molecule has 0 aliphatic heterocycles. The van der Waals surface area contributed by atoms with E-state index in [1.165, 1.54) is 0 Å². The molecule has 54 valence electrons. The lowest BCUT2D eigenvalue weighted by Gasteiger charge is -2.23. The number of hydrogen-bond donors (Lipinski definition) is 1. The van der Waals surface area contributed by atoms with Gasteiger partial charge in [0.1, 0.15) is 12.3 Å². The first-order valence-electron chi connectivity index (χ1n) is 3.16. The molecule has 0 spiro atoms. The Balaban J connectivity index is 2.35. The van der Waals surface area contributed by atoms with Gasteiger partial charge >= 0.3 is 0 Å². The summed E-state index contributed by atoms with van der Waals surface area (Å²) in [6.07, 6.45) is -2.85. The molecular formula is C6H10F2O. The summed E-state index contributed by atoms with van der Waals surface area (Å²) in [5.74, 6) is 0. The van der Waals surface area contributed by atoms with Crippen LogP contribution < -0.4 is 0 Å². The lowest BCUT2D eigenvalue weighted by Crippen LogP contribution is -2.31. The Bertz CT molecular complexity index is 97.1. The first-order valence-corrected chi connectivity index (χ1v) is 3.16. The topological polar surface area (TPSA) is 20.2 Å². The van der Waals surface area contributed by atoms with E-state index in [0.29, 0.717) is 6.42 Å². The lowest BCUT2D eigenvalue weighted by molar-refractivity contribution is 0.0157. The van der Waals surface area contributed by atoms with Gasteiger partial charge in [0.15, 0.2) is 0 Å². The van der Waals surface area contributed by atoms with Gasteiger partial charge in [-0.15, -0.1) is 0 Å². The van der Waals surface area contributed by atoms with Crippen LogP contribution >= 0.6 is 0 Å². The van der Waals surface area contributed by atoms with Crippen molar-refractivity contribution in [3.63, 3.8) is 0 Å². The van der Waals surface area contributed by atoms with E-state index in [2.05, 4.69) is 0 Å². The van der Waals surface area contributed by atoms with E-state index in [1.54, 1.807) is 0 Å². The number of alkyl halides is 2. The highest BCUT2D eigenvalue weighted by atomic mass is 19.1. The van der Waals surface area contributed by atoms with Gasteiger partial charge in [-0.05, 0) is 12.8 Å². The molecule has 3 heteroatoms. The van der Waals surface area contributed by atoms with Crippen LogP contribution in [0.4, 0.5) is 8.78 Å². The maximum absolute atomic E-state index is 12.3. The Morgan fingerprint density at radius 2 is 1.89 bits per heavy atom. The molecule has 1 rings (SSSR count). The van der Waals surface area contributed by atoms with E-state index in [-0.39, 0.29) is 12.8 Å². The third-order valence-corrected chi connectivity index (χ3v) is 1.67. The molecule has 0 heterocycles. The zero-order valence-corrected chi connectivity index (χ0v) is 5.06. The maximum Gasteiger partial charge on any atom is 0.129 e. The van der Waals surface area contributed by atoms with Gasteiger partial charge in [0.25, 0.3) is 0 Å². The van der Waals surface area contributed by atoms with E-state index in [1.807, 2.05) is 0 Å². The normalized spacial score (nSPS) is 45.0. The van der Waals surface area contributed by atoms with Gasteiger partial charge in [-0.3, -0.25) is 0 Å². The highest BCUT2D eigenvalue weighted by molar-refractivity contribution is 4.78. The minimum Gasteiger partial charge on any atom is -0.390 e. The maximum atomic E-state index is 12.3. The fraction of sp³-hybridized carbons (Fsp3) is 1.00. The Morgan fingerprint density at radius 1 is 1.22 bits per heavy atom. The molecule has 0 aromatic rings. The Hall–Kier alpha value is -0.180. The van der Waals surface area contributed by atoms with Gasteiger partial charge in [-0.25, -0.2) is 8.78 Å². The summed E-state index contributed by atoms with van der Waals surface area (Å²) in [7, 11) is 0. The molecule has 0 aromatic heterocycles. The van der Waals surface area contributed by atoms with Crippen LogP contribution in [0.3, 0.4) is 0 Å². The van der Waals surface area contributed by atoms with Gasteiger partial charge < -0.3 is 5.11 Å². The molecule has 0 amide bonds. The molecule has 1 N–H and O–H groups in total. The Kier molecular flexibility index (Phi) is 2.01.